The van der Waals surface area contributed by atoms with Crippen molar-refractivity contribution in [3.8, 4) is 0 Å². The molecule has 0 spiro atoms. The molecule has 2 atom stereocenters. The first-order valence-corrected chi connectivity index (χ1v) is 8.71. The Labute approximate surface area is 142 Å². The van der Waals surface area contributed by atoms with Crippen molar-refractivity contribution in [3.63, 3.8) is 0 Å². The molecule has 1 saturated heterocycles. The molecule has 1 aromatic heterocycles. The average Bonchev–Trinajstić information content (AvgIpc) is 2.89. The standard InChI is InChI=1S/C19H25N3O2/c1-13-10-14(2)12-21(11-13)18(23)8-9-19(24)22-17-7-5-4-6-16(17)15(3)20-22/h4-7,13-14H,8-12H2,1-3H3. The molecule has 5 heteroatoms. The van der Waals surface area contributed by atoms with Gasteiger partial charge in [-0.2, -0.15) is 9.78 Å². The Balaban J connectivity index is 1.65. The summed E-state index contributed by atoms with van der Waals surface area (Å²) in [7, 11) is 0. The fraction of sp³-hybridized carbons (Fsp3) is 0.526. The van der Waals surface area contributed by atoms with Crippen molar-refractivity contribution in [2.24, 2.45) is 11.8 Å². The Kier molecular flexibility index (Phi) is 4.69. The lowest BCUT2D eigenvalue weighted by Gasteiger charge is -2.35. The Morgan fingerprint density at radius 1 is 1.08 bits per heavy atom. The van der Waals surface area contributed by atoms with Gasteiger partial charge in [-0.25, -0.2) is 0 Å². The van der Waals surface area contributed by atoms with E-state index in [0.29, 0.717) is 11.8 Å². The van der Waals surface area contributed by atoms with E-state index in [4.69, 9.17) is 0 Å². The topological polar surface area (TPSA) is 55.2 Å². The number of aromatic nitrogens is 2. The van der Waals surface area contributed by atoms with Gasteiger partial charge in [-0.3, -0.25) is 9.59 Å². The fourth-order valence-electron chi connectivity index (χ4n) is 3.76. The van der Waals surface area contributed by atoms with E-state index in [1.807, 2.05) is 36.1 Å². The number of fused-ring (bicyclic) bond motifs is 1. The maximum atomic E-state index is 12.5. The Hall–Kier alpha value is -2.17. The van der Waals surface area contributed by atoms with E-state index in [2.05, 4.69) is 18.9 Å². The van der Waals surface area contributed by atoms with Crippen LogP contribution >= 0.6 is 0 Å². The maximum Gasteiger partial charge on any atom is 0.247 e. The van der Waals surface area contributed by atoms with E-state index in [9.17, 15) is 9.59 Å². The summed E-state index contributed by atoms with van der Waals surface area (Å²) in [5, 5.41) is 5.33. The van der Waals surface area contributed by atoms with Crippen molar-refractivity contribution in [3.05, 3.63) is 30.0 Å². The van der Waals surface area contributed by atoms with E-state index >= 15 is 0 Å². The molecule has 24 heavy (non-hydrogen) atoms. The second kappa shape index (κ2) is 6.75. The van der Waals surface area contributed by atoms with Crippen molar-refractivity contribution in [1.82, 2.24) is 14.7 Å². The SMILES string of the molecule is Cc1nn(C(=O)CCC(=O)N2CC(C)CC(C)C2)c2ccccc12. The lowest BCUT2D eigenvalue weighted by atomic mass is 9.91. The van der Waals surface area contributed by atoms with Crippen LogP contribution in [0.4, 0.5) is 0 Å². The molecule has 0 aliphatic carbocycles. The Morgan fingerprint density at radius 2 is 1.71 bits per heavy atom. The number of likely N-dealkylation sites (tertiary alicyclic amines) is 1. The number of para-hydroxylation sites is 1. The first kappa shape index (κ1) is 16.7. The van der Waals surface area contributed by atoms with Crippen LogP contribution in [0.15, 0.2) is 24.3 Å². The van der Waals surface area contributed by atoms with Gasteiger partial charge < -0.3 is 4.90 Å². The number of hydrogen-bond acceptors (Lipinski definition) is 3. The molecular weight excluding hydrogens is 302 g/mol. The molecule has 0 saturated carbocycles. The van der Waals surface area contributed by atoms with E-state index < -0.39 is 0 Å². The van der Waals surface area contributed by atoms with Gasteiger partial charge in [0.1, 0.15) is 0 Å². The number of carbonyl (C=O) groups excluding carboxylic acids is 2. The minimum atomic E-state index is -0.120. The van der Waals surface area contributed by atoms with E-state index in [0.717, 1.165) is 29.7 Å². The van der Waals surface area contributed by atoms with Gasteiger partial charge in [0.15, 0.2) is 0 Å². The first-order chi connectivity index (χ1) is 11.5. The zero-order valence-corrected chi connectivity index (χ0v) is 14.7. The van der Waals surface area contributed by atoms with Crippen LogP contribution in [0.3, 0.4) is 0 Å². The minimum Gasteiger partial charge on any atom is -0.342 e. The third kappa shape index (κ3) is 3.35. The van der Waals surface area contributed by atoms with Crippen LogP contribution in [0.25, 0.3) is 10.9 Å². The van der Waals surface area contributed by atoms with Crippen LogP contribution in [0.1, 0.15) is 43.6 Å². The van der Waals surface area contributed by atoms with Crippen molar-refractivity contribution in [2.75, 3.05) is 13.1 Å². The predicted octanol–water partition coefficient (Wildman–Crippen LogP) is 3.27. The molecule has 1 aliphatic rings. The fourth-order valence-corrected chi connectivity index (χ4v) is 3.76. The van der Waals surface area contributed by atoms with E-state index in [1.165, 1.54) is 11.1 Å². The number of hydrogen-bond donors (Lipinski definition) is 0. The molecule has 1 amide bonds. The summed E-state index contributed by atoms with van der Waals surface area (Å²) in [6.07, 6.45) is 1.62. The van der Waals surface area contributed by atoms with Gasteiger partial charge in [-0.05, 0) is 31.2 Å². The number of carbonyl (C=O) groups is 2. The highest BCUT2D eigenvalue weighted by Crippen LogP contribution is 2.22. The molecule has 0 bridgehead atoms. The molecule has 1 fully saturated rings. The molecule has 0 N–H and O–H groups in total. The van der Waals surface area contributed by atoms with Crippen LogP contribution in [-0.2, 0) is 4.79 Å². The number of aryl methyl sites for hydroxylation is 1. The maximum absolute atomic E-state index is 12.5. The highest BCUT2D eigenvalue weighted by atomic mass is 16.2. The molecule has 2 aromatic rings. The van der Waals surface area contributed by atoms with Gasteiger partial charge in [-0.15, -0.1) is 0 Å². The van der Waals surface area contributed by atoms with Crippen molar-refractivity contribution >= 4 is 22.7 Å². The minimum absolute atomic E-state index is 0.0786. The molecule has 2 heterocycles. The lowest BCUT2D eigenvalue weighted by Crippen LogP contribution is -2.42. The number of benzene rings is 1. The average molecular weight is 327 g/mol. The van der Waals surface area contributed by atoms with Crippen LogP contribution in [-0.4, -0.2) is 39.6 Å². The summed E-state index contributed by atoms with van der Waals surface area (Å²) in [6.45, 7) is 7.87. The summed E-state index contributed by atoms with van der Waals surface area (Å²) in [5.41, 5.74) is 1.65. The number of nitrogens with zero attached hydrogens (tertiary/aromatic N) is 3. The molecule has 5 nitrogen and oxygen atoms in total. The Bertz CT molecular complexity index is 755. The molecule has 128 valence electrons. The normalized spacial score (nSPS) is 21.2. The van der Waals surface area contributed by atoms with E-state index in [-0.39, 0.29) is 24.7 Å². The lowest BCUT2D eigenvalue weighted by molar-refractivity contribution is -0.133. The predicted molar refractivity (Wildman–Crippen MR) is 93.9 cm³/mol. The summed E-state index contributed by atoms with van der Waals surface area (Å²) >= 11 is 0. The van der Waals surface area contributed by atoms with Crippen LogP contribution in [0.2, 0.25) is 0 Å². The molecule has 0 radical (unpaired) electrons. The smallest absolute Gasteiger partial charge is 0.247 e. The number of amides is 1. The highest BCUT2D eigenvalue weighted by Gasteiger charge is 2.25. The van der Waals surface area contributed by atoms with Crippen LogP contribution in [0, 0.1) is 18.8 Å². The Morgan fingerprint density at radius 3 is 2.42 bits per heavy atom. The van der Waals surface area contributed by atoms with Gasteiger partial charge in [0.25, 0.3) is 0 Å². The van der Waals surface area contributed by atoms with Crippen LogP contribution < -0.4 is 0 Å². The van der Waals surface area contributed by atoms with E-state index in [1.54, 1.807) is 0 Å². The summed E-state index contributed by atoms with van der Waals surface area (Å²) in [4.78, 5) is 26.9. The van der Waals surface area contributed by atoms with Gasteiger partial charge >= 0.3 is 0 Å². The molecule has 3 rings (SSSR count). The molecule has 1 aromatic carbocycles. The monoisotopic (exact) mass is 327 g/mol. The second-order valence-electron chi connectivity index (χ2n) is 7.15. The third-order valence-corrected chi connectivity index (χ3v) is 4.78. The van der Waals surface area contributed by atoms with Crippen LogP contribution in [0.5, 0.6) is 0 Å². The number of piperidine rings is 1. The summed E-state index contributed by atoms with van der Waals surface area (Å²) in [5.74, 6) is 1.03. The van der Waals surface area contributed by atoms with Crippen molar-refractivity contribution < 1.29 is 9.59 Å². The zero-order valence-electron chi connectivity index (χ0n) is 14.7. The largest absolute Gasteiger partial charge is 0.342 e. The quantitative estimate of drug-likeness (QED) is 0.869. The summed E-state index contributed by atoms with van der Waals surface area (Å²) in [6, 6.07) is 7.69. The number of rotatable bonds is 3. The zero-order chi connectivity index (χ0) is 17.3. The van der Waals surface area contributed by atoms with Crippen molar-refractivity contribution in [2.45, 2.75) is 40.0 Å². The highest BCUT2D eigenvalue weighted by molar-refractivity contribution is 5.93. The van der Waals surface area contributed by atoms with Gasteiger partial charge in [0, 0.05) is 31.3 Å². The second-order valence-corrected chi connectivity index (χ2v) is 7.15. The molecule has 1 aliphatic heterocycles. The molecule has 2 unspecified atom stereocenters. The van der Waals surface area contributed by atoms with Gasteiger partial charge in [0.2, 0.25) is 11.8 Å². The van der Waals surface area contributed by atoms with Gasteiger partial charge in [-0.1, -0.05) is 32.0 Å². The third-order valence-electron chi connectivity index (χ3n) is 4.78. The van der Waals surface area contributed by atoms with Gasteiger partial charge in [0.05, 0.1) is 11.2 Å². The van der Waals surface area contributed by atoms with Crippen molar-refractivity contribution in [1.29, 1.82) is 0 Å². The first-order valence-electron chi connectivity index (χ1n) is 8.71. The molecular formula is C19H25N3O2. The summed E-state index contributed by atoms with van der Waals surface area (Å²) < 4.78 is 1.44.